The molecule has 2 heterocycles. The highest BCUT2D eigenvalue weighted by Gasteiger charge is 2.25. The minimum atomic E-state index is 0.192. The smallest absolute Gasteiger partial charge is 0.263 e. The van der Waals surface area contributed by atoms with E-state index in [-0.39, 0.29) is 5.91 Å². The van der Waals surface area contributed by atoms with E-state index in [1.54, 1.807) is 11.3 Å². The number of carbonyl (C=O) groups excluding carboxylic acids is 1. The predicted octanol–water partition coefficient (Wildman–Crippen LogP) is 4.92. The van der Waals surface area contributed by atoms with Crippen LogP contribution >= 0.6 is 11.3 Å². The number of benzene rings is 2. The molecule has 3 aromatic rings. The van der Waals surface area contributed by atoms with Crippen molar-refractivity contribution in [2.45, 2.75) is 18.8 Å². The maximum absolute atomic E-state index is 12.7. The number of carbonyl (C=O) groups is 1. The fraction of sp³-hybridized carbons (Fsp3) is 0.250. The standard InChI is InChI=1S/C20H19NOS/c22-20(19-14-17-8-4-5-9-18(17)23-19)21-12-10-16(11-13-21)15-6-2-1-3-7-15/h1-9,14,16H,10-13H2. The Hall–Kier alpha value is -2.13. The average molecular weight is 321 g/mol. The van der Waals surface area contributed by atoms with Crippen molar-refractivity contribution in [1.82, 2.24) is 4.90 Å². The Balaban J connectivity index is 1.46. The molecule has 1 fully saturated rings. The van der Waals surface area contributed by atoms with Crippen LogP contribution in [-0.2, 0) is 0 Å². The number of thiophene rings is 1. The summed E-state index contributed by atoms with van der Waals surface area (Å²) in [4.78, 5) is 15.6. The lowest BCUT2D eigenvalue weighted by Crippen LogP contribution is -2.37. The van der Waals surface area contributed by atoms with Crippen LogP contribution in [0.3, 0.4) is 0 Å². The lowest BCUT2D eigenvalue weighted by atomic mass is 9.89. The zero-order chi connectivity index (χ0) is 15.6. The highest BCUT2D eigenvalue weighted by Crippen LogP contribution is 2.31. The van der Waals surface area contributed by atoms with E-state index < -0.39 is 0 Å². The average Bonchev–Trinajstić information content (AvgIpc) is 3.06. The molecule has 0 radical (unpaired) electrons. The van der Waals surface area contributed by atoms with Crippen LogP contribution in [0.1, 0.15) is 34.0 Å². The quantitative estimate of drug-likeness (QED) is 0.656. The van der Waals surface area contributed by atoms with Crippen molar-refractivity contribution in [3.8, 4) is 0 Å². The molecule has 2 aromatic carbocycles. The van der Waals surface area contributed by atoms with Gasteiger partial charge in [-0.05, 0) is 41.8 Å². The van der Waals surface area contributed by atoms with Gasteiger partial charge in [0, 0.05) is 17.8 Å². The summed E-state index contributed by atoms with van der Waals surface area (Å²) in [5.74, 6) is 0.778. The molecular weight excluding hydrogens is 302 g/mol. The summed E-state index contributed by atoms with van der Waals surface area (Å²) in [6.07, 6.45) is 2.11. The van der Waals surface area contributed by atoms with Crippen molar-refractivity contribution in [3.05, 3.63) is 71.1 Å². The normalized spacial score (nSPS) is 15.9. The van der Waals surface area contributed by atoms with E-state index >= 15 is 0 Å². The number of fused-ring (bicyclic) bond motifs is 1. The van der Waals surface area contributed by atoms with E-state index in [1.165, 1.54) is 15.6 Å². The fourth-order valence-corrected chi connectivity index (χ4v) is 4.41. The van der Waals surface area contributed by atoms with Gasteiger partial charge in [-0.2, -0.15) is 0 Å². The minimum absolute atomic E-state index is 0.192. The molecule has 0 spiro atoms. The van der Waals surface area contributed by atoms with E-state index in [1.807, 2.05) is 23.1 Å². The zero-order valence-corrected chi connectivity index (χ0v) is 13.8. The minimum Gasteiger partial charge on any atom is -0.338 e. The van der Waals surface area contributed by atoms with Gasteiger partial charge < -0.3 is 4.90 Å². The summed E-state index contributed by atoms with van der Waals surface area (Å²) >= 11 is 1.61. The van der Waals surface area contributed by atoms with Gasteiger partial charge in [0.2, 0.25) is 0 Å². The van der Waals surface area contributed by atoms with Gasteiger partial charge in [0.25, 0.3) is 5.91 Å². The van der Waals surface area contributed by atoms with Gasteiger partial charge in [0.05, 0.1) is 4.88 Å². The third-order valence-electron chi connectivity index (χ3n) is 4.69. The molecule has 1 aromatic heterocycles. The molecule has 1 aliphatic heterocycles. The first-order valence-electron chi connectivity index (χ1n) is 8.14. The van der Waals surface area contributed by atoms with E-state index in [9.17, 15) is 4.79 Å². The summed E-state index contributed by atoms with van der Waals surface area (Å²) in [5, 5.41) is 1.17. The molecule has 0 aliphatic carbocycles. The Bertz CT molecular complexity index is 783. The molecule has 2 nitrogen and oxygen atoms in total. The van der Waals surface area contributed by atoms with Crippen LogP contribution in [0.25, 0.3) is 10.1 Å². The second-order valence-corrected chi connectivity index (χ2v) is 7.21. The molecule has 0 bridgehead atoms. The van der Waals surface area contributed by atoms with Gasteiger partial charge >= 0.3 is 0 Å². The topological polar surface area (TPSA) is 20.3 Å². The third-order valence-corrected chi connectivity index (χ3v) is 5.79. The monoisotopic (exact) mass is 321 g/mol. The largest absolute Gasteiger partial charge is 0.338 e. The lowest BCUT2D eigenvalue weighted by molar-refractivity contribution is 0.0718. The van der Waals surface area contributed by atoms with Crippen LogP contribution in [0.15, 0.2) is 60.7 Å². The Morgan fingerprint density at radius 3 is 2.39 bits per heavy atom. The van der Waals surface area contributed by atoms with Crippen molar-refractivity contribution in [1.29, 1.82) is 0 Å². The first-order valence-corrected chi connectivity index (χ1v) is 8.96. The molecule has 0 saturated carbocycles. The lowest BCUT2D eigenvalue weighted by Gasteiger charge is -2.32. The van der Waals surface area contributed by atoms with Crippen LogP contribution in [-0.4, -0.2) is 23.9 Å². The first kappa shape index (κ1) is 14.5. The molecule has 1 amide bonds. The Labute approximate surface area is 140 Å². The van der Waals surface area contributed by atoms with Gasteiger partial charge in [-0.3, -0.25) is 4.79 Å². The van der Waals surface area contributed by atoms with Crippen molar-refractivity contribution in [2.24, 2.45) is 0 Å². The molecule has 0 atom stereocenters. The molecule has 0 unspecified atom stereocenters. The molecule has 1 saturated heterocycles. The maximum atomic E-state index is 12.7. The highest BCUT2D eigenvalue weighted by atomic mass is 32.1. The Morgan fingerprint density at radius 2 is 1.65 bits per heavy atom. The van der Waals surface area contributed by atoms with Crippen molar-refractivity contribution < 1.29 is 4.79 Å². The van der Waals surface area contributed by atoms with Crippen LogP contribution in [0, 0.1) is 0 Å². The van der Waals surface area contributed by atoms with Gasteiger partial charge in [-0.15, -0.1) is 11.3 Å². The van der Waals surface area contributed by atoms with Crippen molar-refractivity contribution in [3.63, 3.8) is 0 Å². The van der Waals surface area contributed by atoms with Crippen LogP contribution in [0.4, 0.5) is 0 Å². The van der Waals surface area contributed by atoms with E-state index in [4.69, 9.17) is 0 Å². The predicted molar refractivity (Wildman–Crippen MR) is 96.1 cm³/mol. The number of piperidine rings is 1. The van der Waals surface area contributed by atoms with Crippen LogP contribution in [0.2, 0.25) is 0 Å². The van der Waals surface area contributed by atoms with E-state index in [0.29, 0.717) is 5.92 Å². The second-order valence-electron chi connectivity index (χ2n) is 6.13. The second kappa shape index (κ2) is 6.17. The number of amides is 1. The maximum Gasteiger partial charge on any atom is 0.263 e. The van der Waals surface area contributed by atoms with Gasteiger partial charge in [-0.25, -0.2) is 0 Å². The Morgan fingerprint density at radius 1 is 0.957 bits per heavy atom. The number of rotatable bonds is 2. The summed E-state index contributed by atoms with van der Waals surface area (Å²) in [6, 6.07) is 20.9. The van der Waals surface area contributed by atoms with Crippen LogP contribution < -0.4 is 0 Å². The molecular formula is C20H19NOS. The molecule has 23 heavy (non-hydrogen) atoms. The fourth-order valence-electron chi connectivity index (χ4n) is 3.38. The summed E-state index contributed by atoms with van der Waals surface area (Å²) in [5.41, 5.74) is 1.40. The number of hydrogen-bond acceptors (Lipinski definition) is 2. The zero-order valence-electron chi connectivity index (χ0n) is 12.9. The molecule has 116 valence electrons. The SMILES string of the molecule is O=C(c1cc2ccccc2s1)N1CCC(c2ccccc2)CC1. The van der Waals surface area contributed by atoms with E-state index in [2.05, 4.69) is 42.5 Å². The van der Waals surface area contributed by atoms with Gasteiger partial charge in [0.15, 0.2) is 0 Å². The highest BCUT2D eigenvalue weighted by molar-refractivity contribution is 7.20. The summed E-state index contributed by atoms with van der Waals surface area (Å²) in [6.45, 7) is 1.71. The summed E-state index contributed by atoms with van der Waals surface area (Å²) in [7, 11) is 0. The summed E-state index contributed by atoms with van der Waals surface area (Å²) < 4.78 is 1.19. The molecule has 3 heteroatoms. The van der Waals surface area contributed by atoms with E-state index in [0.717, 1.165) is 30.8 Å². The van der Waals surface area contributed by atoms with Crippen molar-refractivity contribution in [2.75, 3.05) is 13.1 Å². The molecule has 1 aliphatic rings. The van der Waals surface area contributed by atoms with Crippen LogP contribution in [0.5, 0.6) is 0 Å². The van der Waals surface area contributed by atoms with Gasteiger partial charge in [0.1, 0.15) is 0 Å². The first-order chi connectivity index (χ1) is 11.3. The number of likely N-dealkylation sites (tertiary alicyclic amines) is 1. The number of nitrogens with zero attached hydrogens (tertiary/aromatic N) is 1. The van der Waals surface area contributed by atoms with Crippen molar-refractivity contribution >= 4 is 27.3 Å². The van der Waals surface area contributed by atoms with Gasteiger partial charge in [-0.1, -0.05) is 48.5 Å². The third kappa shape index (κ3) is 2.89. The number of hydrogen-bond donors (Lipinski definition) is 0. The Kier molecular flexibility index (Phi) is 3.88. The molecule has 4 rings (SSSR count). The molecule has 0 N–H and O–H groups in total.